The molecular formula is C48H51F3N8O9S. The van der Waals surface area contributed by atoms with Crippen LogP contribution in [0.15, 0.2) is 72.8 Å². The molecule has 4 aliphatic heterocycles. The number of likely N-dealkylation sites (tertiary alicyclic amines) is 1. The average molecular weight is 973 g/mol. The zero-order valence-electron chi connectivity index (χ0n) is 38.4. The van der Waals surface area contributed by atoms with Gasteiger partial charge < -0.3 is 19.1 Å². The number of fused-ring (bicyclic) bond motifs is 2. The Bertz CT molecular complexity index is 2960. The van der Waals surface area contributed by atoms with E-state index in [2.05, 4.69) is 10.4 Å². The van der Waals surface area contributed by atoms with Gasteiger partial charge in [0.05, 0.1) is 54.7 Å². The number of ether oxygens (including phenoxy) is 3. The Morgan fingerprint density at radius 1 is 0.870 bits per heavy atom. The summed E-state index contributed by atoms with van der Waals surface area (Å²) in [6.07, 6.45) is 1.38. The van der Waals surface area contributed by atoms with Crippen LogP contribution < -0.4 is 29.3 Å². The van der Waals surface area contributed by atoms with Gasteiger partial charge >= 0.3 is 6.03 Å². The van der Waals surface area contributed by atoms with Crippen LogP contribution in [0.3, 0.4) is 0 Å². The van der Waals surface area contributed by atoms with Crippen LogP contribution in [0.2, 0.25) is 0 Å². The molecule has 1 N–H and O–H groups in total. The van der Waals surface area contributed by atoms with Crippen molar-refractivity contribution < 1.29 is 55.0 Å². The maximum Gasteiger partial charge on any atom is 0.329 e. The fourth-order valence-electron chi connectivity index (χ4n) is 9.71. The lowest BCUT2D eigenvalue weighted by Gasteiger charge is -2.46. The second kappa shape index (κ2) is 18.7. The zero-order chi connectivity index (χ0) is 48.9. The summed E-state index contributed by atoms with van der Waals surface area (Å²) in [4.78, 5) is 59.8. The van der Waals surface area contributed by atoms with Gasteiger partial charge in [-0.2, -0.15) is 5.10 Å². The molecule has 364 valence electrons. The number of nitrogens with zero attached hydrogens (tertiary/aromatic N) is 7. The average Bonchev–Trinajstić information content (AvgIpc) is 3.75. The first kappa shape index (κ1) is 47.4. The molecule has 3 saturated heterocycles. The zero-order valence-corrected chi connectivity index (χ0v) is 39.2. The Hall–Kier alpha value is -6.71. The largest absolute Gasteiger partial charge is 0.493 e. The second-order valence-electron chi connectivity index (χ2n) is 17.7. The summed E-state index contributed by atoms with van der Waals surface area (Å²) in [6.45, 7) is 3.96. The van der Waals surface area contributed by atoms with Crippen LogP contribution >= 0.6 is 0 Å². The van der Waals surface area contributed by atoms with Gasteiger partial charge in [-0.3, -0.25) is 44.0 Å². The summed E-state index contributed by atoms with van der Waals surface area (Å²) in [5, 5.41) is 7.01. The number of carbonyl (C=O) groups is 4. The van der Waals surface area contributed by atoms with Crippen LogP contribution in [0.4, 0.5) is 29.5 Å². The standard InChI is InChI=1S/C48H51F3N8O9S/c1-5-67-41-22-30(8-13-39(41)66-3)38(27-69(4,64)65)59-45(61)33-12-9-31(23-34(33)46(59)62)56-18-20-57(21-19-56)42-14-16-55(28-48(42,50)51)26-29-6-10-32(11-7-29)68-40-25-37-35(24-36(40)49)44(53-54(37)2)58-17-15-43(60)52-47(58)63/h6-13,22-25,38,42H,5,14-21,26-28H2,1-4H3,(H,52,60,63)/t38-,42+/m1/s1. The van der Waals surface area contributed by atoms with Gasteiger partial charge in [-0.05, 0) is 73.0 Å². The van der Waals surface area contributed by atoms with Gasteiger partial charge in [-0.1, -0.05) is 18.2 Å². The number of anilines is 2. The Labute approximate surface area is 396 Å². The molecule has 5 amide bonds. The SMILES string of the molecule is CCOc1cc([C@@H](CS(C)(=O)=O)N2C(=O)c3ccc(N4CCN([C@H]5CCN(Cc6ccc(Oc7cc8c(cc7F)c(N7CCC(=O)NC7=O)nn8C)cc6)CC5(F)F)CC4)cc3C2=O)ccc1OC. The van der Waals surface area contributed by atoms with Crippen LogP contribution in [0.1, 0.15) is 57.7 Å². The summed E-state index contributed by atoms with van der Waals surface area (Å²) < 4.78 is 91.2. The van der Waals surface area contributed by atoms with E-state index in [1.165, 1.54) is 28.8 Å². The number of aryl methyl sites for hydroxylation is 1. The lowest BCUT2D eigenvalue weighted by Crippen LogP contribution is -2.61. The minimum Gasteiger partial charge on any atom is -0.493 e. The summed E-state index contributed by atoms with van der Waals surface area (Å²) in [6, 6.07) is 16.4. The number of piperazine rings is 1. The van der Waals surface area contributed by atoms with Gasteiger partial charge in [0.2, 0.25) is 5.91 Å². The van der Waals surface area contributed by atoms with Gasteiger partial charge in [-0.15, -0.1) is 0 Å². The summed E-state index contributed by atoms with van der Waals surface area (Å²) in [5.74, 6) is -4.63. The number of carbonyl (C=O) groups excluding carboxylic acids is 4. The van der Waals surface area contributed by atoms with Crippen LogP contribution in [0.5, 0.6) is 23.0 Å². The third-order valence-corrected chi connectivity index (χ3v) is 14.0. The maximum atomic E-state index is 16.0. The number of hydrogen-bond donors (Lipinski definition) is 1. The third kappa shape index (κ3) is 9.54. The van der Waals surface area contributed by atoms with Gasteiger partial charge in [0.25, 0.3) is 17.7 Å². The number of piperidine rings is 1. The Balaban J connectivity index is 0.803. The van der Waals surface area contributed by atoms with E-state index in [4.69, 9.17) is 14.2 Å². The van der Waals surface area contributed by atoms with Crippen molar-refractivity contribution >= 4 is 56.0 Å². The first-order chi connectivity index (χ1) is 32.9. The van der Waals surface area contributed by atoms with Crippen molar-refractivity contribution in [3.63, 3.8) is 0 Å². The topological polar surface area (TPSA) is 176 Å². The molecule has 21 heteroatoms. The smallest absolute Gasteiger partial charge is 0.329 e. The number of nitrogens with one attached hydrogen (secondary N) is 1. The van der Waals surface area contributed by atoms with Crippen molar-refractivity contribution in [2.45, 2.75) is 44.3 Å². The van der Waals surface area contributed by atoms with E-state index in [9.17, 15) is 27.6 Å². The summed E-state index contributed by atoms with van der Waals surface area (Å²) in [5.41, 5.74) is 2.59. The summed E-state index contributed by atoms with van der Waals surface area (Å²) in [7, 11) is -0.568. The van der Waals surface area contributed by atoms with E-state index in [-0.39, 0.29) is 48.6 Å². The monoisotopic (exact) mass is 972 g/mol. The van der Waals surface area contributed by atoms with Crippen LogP contribution in [-0.2, 0) is 28.2 Å². The van der Waals surface area contributed by atoms with E-state index in [1.54, 1.807) is 79.5 Å². The van der Waals surface area contributed by atoms with Crippen molar-refractivity contribution in [1.82, 2.24) is 29.8 Å². The van der Waals surface area contributed by atoms with Crippen LogP contribution in [-0.4, -0.2) is 140 Å². The number of amides is 5. The second-order valence-corrected chi connectivity index (χ2v) is 19.9. The first-order valence-corrected chi connectivity index (χ1v) is 24.6. The third-order valence-electron chi connectivity index (χ3n) is 13.1. The molecule has 4 aromatic carbocycles. The van der Waals surface area contributed by atoms with E-state index in [1.807, 2.05) is 9.80 Å². The van der Waals surface area contributed by atoms with Crippen molar-refractivity contribution in [3.05, 3.63) is 101 Å². The molecule has 9 rings (SSSR count). The molecule has 0 aliphatic carbocycles. The molecule has 5 aromatic rings. The van der Waals surface area contributed by atoms with E-state index < -0.39 is 69.7 Å². The summed E-state index contributed by atoms with van der Waals surface area (Å²) >= 11 is 0. The number of hydrogen-bond acceptors (Lipinski definition) is 13. The first-order valence-electron chi connectivity index (χ1n) is 22.5. The minimum absolute atomic E-state index is 0.0728. The molecule has 0 unspecified atom stereocenters. The van der Waals surface area contributed by atoms with Crippen LogP contribution in [0, 0.1) is 5.82 Å². The molecule has 4 aliphatic rings. The molecule has 0 saturated carbocycles. The van der Waals surface area contributed by atoms with Crippen molar-refractivity contribution in [2.75, 3.05) is 81.3 Å². The van der Waals surface area contributed by atoms with Crippen LogP contribution in [0.25, 0.3) is 10.9 Å². The molecule has 2 atom stereocenters. The van der Waals surface area contributed by atoms with E-state index in [0.29, 0.717) is 78.7 Å². The van der Waals surface area contributed by atoms with E-state index in [0.717, 1.165) is 16.7 Å². The maximum absolute atomic E-state index is 16.0. The highest BCUT2D eigenvalue weighted by Crippen LogP contribution is 2.40. The Kier molecular flexibility index (Phi) is 12.8. The molecule has 17 nitrogen and oxygen atoms in total. The van der Waals surface area contributed by atoms with Crippen molar-refractivity contribution in [3.8, 4) is 23.0 Å². The molecule has 0 spiro atoms. The fourth-order valence-corrected chi connectivity index (χ4v) is 10.6. The molecular weight excluding hydrogens is 922 g/mol. The van der Waals surface area contributed by atoms with Gasteiger partial charge in [0.1, 0.15) is 15.6 Å². The fraction of sp³-hybridized carbons (Fsp3) is 0.396. The van der Waals surface area contributed by atoms with Gasteiger partial charge in [0.15, 0.2) is 28.9 Å². The number of aromatic nitrogens is 2. The predicted octanol–water partition coefficient (Wildman–Crippen LogP) is 5.77. The van der Waals surface area contributed by atoms with Gasteiger partial charge in [0, 0.05) is 82.7 Å². The highest BCUT2D eigenvalue weighted by Gasteiger charge is 2.48. The Morgan fingerprint density at radius 2 is 1.61 bits per heavy atom. The molecule has 0 bridgehead atoms. The van der Waals surface area contributed by atoms with Gasteiger partial charge in [-0.25, -0.2) is 26.4 Å². The lowest BCUT2D eigenvalue weighted by molar-refractivity contribution is -0.129. The van der Waals surface area contributed by atoms with Crippen molar-refractivity contribution in [2.24, 2.45) is 7.05 Å². The number of alkyl halides is 2. The lowest BCUT2D eigenvalue weighted by atomic mass is 9.97. The van der Waals surface area contributed by atoms with Crippen molar-refractivity contribution in [1.29, 1.82) is 0 Å². The minimum atomic E-state index is -3.69. The number of imide groups is 2. The predicted molar refractivity (Wildman–Crippen MR) is 249 cm³/mol. The Morgan fingerprint density at radius 3 is 2.29 bits per heavy atom. The number of urea groups is 1. The molecule has 69 heavy (non-hydrogen) atoms. The highest BCUT2D eigenvalue weighted by molar-refractivity contribution is 7.90. The molecule has 5 heterocycles. The quantitative estimate of drug-likeness (QED) is 0.133. The number of rotatable bonds is 14. The molecule has 3 fully saturated rings. The van der Waals surface area contributed by atoms with E-state index >= 15 is 13.2 Å². The number of methoxy groups -OCH3 is 1. The highest BCUT2D eigenvalue weighted by atomic mass is 32.2. The molecule has 1 aromatic heterocycles. The number of sulfone groups is 1. The molecule has 0 radical (unpaired) electrons. The number of benzene rings is 4. The normalized spacial score (nSPS) is 19.5. The number of halogens is 3.